The number of rotatable bonds is 3. The molecule has 1 atom stereocenters. The fraction of sp³-hybridized carbons (Fsp3) is 0.333. The average Bonchev–Trinajstić information content (AvgIpc) is 3.29. The second-order valence-electron chi connectivity index (χ2n) is 7.61. The van der Waals surface area contributed by atoms with Gasteiger partial charge in [0.05, 0.1) is 18.4 Å². The van der Waals surface area contributed by atoms with Gasteiger partial charge >= 0.3 is 0 Å². The second kappa shape index (κ2) is 6.44. The number of hydrogen-bond acceptors (Lipinski definition) is 6. The van der Waals surface area contributed by atoms with Crippen LogP contribution >= 0.6 is 0 Å². The van der Waals surface area contributed by atoms with Crippen molar-refractivity contribution in [2.24, 2.45) is 0 Å². The molecule has 0 amide bonds. The molecule has 0 saturated carbocycles. The first kappa shape index (κ1) is 16.9. The Morgan fingerprint density at radius 3 is 2.89 bits per heavy atom. The van der Waals surface area contributed by atoms with Crippen LogP contribution in [0.15, 0.2) is 36.9 Å². The summed E-state index contributed by atoms with van der Waals surface area (Å²) in [5.74, 6) is 1.47. The summed E-state index contributed by atoms with van der Waals surface area (Å²) in [6, 6.07) is 9.08. The van der Waals surface area contributed by atoms with Crippen molar-refractivity contribution >= 4 is 33.7 Å². The van der Waals surface area contributed by atoms with Crippen molar-refractivity contribution in [3.8, 4) is 0 Å². The Kier molecular flexibility index (Phi) is 3.89. The molecule has 7 heteroatoms. The number of pyridine rings is 1. The van der Waals surface area contributed by atoms with Crippen LogP contribution in [0, 0.1) is 6.92 Å². The smallest absolute Gasteiger partial charge is 0.165 e. The van der Waals surface area contributed by atoms with Crippen molar-refractivity contribution in [2.75, 3.05) is 17.2 Å². The highest BCUT2D eigenvalue weighted by atomic mass is 15.2. The summed E-state index contributed by atoms with van der Waals surface area (Å²) in [6.07, 6.45) is 5.67. The summed E-state index contributed by atoms with van der Waals surface area (Å²) in [5, 5.41) is 1.16. The Bertz CT molecular complexity index is 1180. The Labute approximate surface area is 163 Å². The van der Waals surface area contributed by atoms with Crippen molar-refractivity contribution in [2.45, 2.75) is 39.3 Å². The summed E-state index contributed by atoms with van der Waals surface area (Å²) < 4.78 is 2.02. The van der Waals surface area contributed by atoms with E-state index in [2.05, 4.69) is 58.0 Å². The van der Waals surface area contributed by atoms with Gasteiger partial charge in [-0.05, 0) is 38.3 Å². The number of benzene rings is 1. The third-order valence-corrected chi connectivity index (χ3v) is 5.70. The highest BCUT2D eigenvalue weighted by Crippen LogP contribution is 2.31. The fourth-order valence-electron chi connectivity index (χ4n) is 4.19. The van der Waals surface area contributed by atoms with E-state index in [1.54, 1.807) is 6.33 Å². The van der Waals surface area contributed by atoms with Crippen molar-refractivity contribution in [1.29, 1.82) is 0 Å². The fourth-order valence-corrected chi connectivity index (χ4v) is 4.19. The standard InChI is InChI=1S/C21H23N7/c1-13-5-3-7-15-9-16(20(26-17(13)15)28-8-4-6-14(28)2)10-27-12-25-18-19(22)23-11-24-21(18)27/h3,5,7,9,11-12,14H,4,6,8,10H2,1-2H3,(H2,22,23,24). The molecule has 7 nitrogen and oxygen atoms in total. The van der Waals surface area contributed by atoms with Crippen molar-refractivity contribution < 1.29 is 0 Å². The minimum absolute atomic E-state index is 0.407. The number of nitrogens with zero attached hydrogens (tertiary/aromatic N) is 6. The maximum atomic E-state index is 5.95. The molecule has 1 aliphatic rings. The first-order valence-electron chi connectivity index (χ1n) is 9.69. The second-order valence-corrected chi connectivity index (χ2v) is 7.61. The van der Waals surface area contributed by atoms with Crippen molar-refractivity contribution in [3.63, 3.8) is 0 Å². The zero-order valence-electron chi connectivity index (χ0n) is 16.1. The van der Waals surface area contributed by atoms with Gasteiger partial charge in [0.2, 0.25) is 0 Å². The molecule has 1 fully saturated rings. The summed E-state index contributed by atoms with van der Waals surface area (Å²) in [4.78, 5) is 20.4. The topological polar surface area (TPSA) is 85.8 Å². The Morgan fingerprint density at radius 1 is 1.18 bits per heavy atom. The van der Waals surface area contributed by atoms with Gasteiger partial charge in [-0.1, -0.05) is 18.2 Å². The van der Waals surface area contributed by atoms with Gasteiger partial charge in [0, 0.05) is 23.5 Å². The Morgan fingerprint density at radius 2 is 2.07 bits per heavy atom. The maximum absolute atomic E-state index is 5.95. The average molecular weight is 373 g/mol. The van der Waals surface area contributed by atoms with Crippen LogP contribution in [0.2, 0.25) is 0 Å². The first-order valence-corrected chi connectivity index (χ1v) is 9.69. The molecule has 1 saturated heterocycles. The summed E-state index contributed by atoms with van der Waals surface area (Å²) in [5.41, 5.74) is 10.8. The third-order valence-electron chi connectivity index (χ3n) is 5.70. The van der Waals surface area contributed by atoms with E-state index in [4.69, 9.17) is 10.7 Å². The molecule has 3 aromatic heterocycles. The largest absolute Gasteiger partial charge is 0.382 e. The summed E-state index contributed by atoms with van der Waals surface area (Å²) >= 11 is 0. The minimum atomic E-state index is 0.407. The zero-order valence-corrected chi connectivity index (χ0v) is 16.1. The van der Waals surface area contributed by atoms with Gasteiger partial charge in [-0.25, -0.2) is 19.9 Å². The third kappa shape index (κ3) is 2.66. The Hall–Kier alpha value is -3.22. The van der Waals surface area contributed by atoms with Crippen LogP contribution in [0.3, 0.4) is 0 Å². The molecular weight excluding hydrogens is 350 g/mol. The van der Waals surface area contributed by atoms with Gasteiger partial charge in [0.1, 0.15) is 17.7 Å². The van der Waals surface area contributed by atoms with Crippen molar-refractivity contribution in [1.82, 2.24) is 24.5 Å². The molecular formula is C21H23N7. The Balaban J connectivity index is 1.67. The van der Waals surface area contributed by atoms with Crippen LogP contribution in [0.25, 0.3) is 22.1 Å². The maximum Gasteiger partial charge on any atom is 0.165 e. The van der Waals surface area contributed by atoms with E-state index >= 15 is 0 Å². The van der Waals surface area contributed by atoms with Gasteiger partial charge in [-0.2, -0.15) is 0 Å². The van der Waals surface area contributed by atoms with Crippen LogP contribution in [-0.4, -0.2) is 37.1 Å². The van der Waals surface area contributed by atoms with Crippen LogP contribution in [0.5, 0.6) is 0 Å². The van der Waals surface area contributed by atoms with E-state index in [1.165, 1.54) is 30.3 Å². The molecule has 1 unspecified atom stereocenters. The lowest BCUT2D eigenvalue weighted by molar-refractivity contribution is 0.717. The van der Waals surface area contributed by atoms with Gasteiger partial charge in [0.25, 0.3) is 0 Å². The number of fused-ring (bicyclic) bond motifs is 2. The SMILES string of the molecule is Cc1cccc2cc(Cn3cnc4c(N)ncnc43)c(N3CCCC3C)nc12. The molecule has 142 valence electrons. The molecule has 0 bridgehead atoms. The van der Waals surface area contributed by atoms with E-state index in [-0.39, 0.29) is 0 Å². The number of aryl methyl sites for hydroxylation is 1. The van der Waals surface area contributed by atoms with Crippen LogP contribution in [0.1, 0.15) is 30.9 Å². The zero-order chi connectivity index (χ0) is 19.3. The molecule has 5 rings (SSSR count). The quantitative estimate of drug-likeness (QED) is 0.593. The lowest BCUT2D eigenvalue weighted by atomic mass is 10.1. The number of hydrogen-bond donors (Lipinski definition) is 1. The number of nitrogen functional groups attached to an aromatic ring is 1. The predicted octanol–water partition coefficient (Wildman–Crippen LogP) is 3.30. The lowest BCUT2D eigenvalue weighted by Gasteiger charge is -2.26. The van der Waals surface area contributed by atoms with Gasteiger partial charge in [0.15, 0.2) is 11.5 Å². The highest BCUT2D eigenvalue weighted by molar-refractivity contribution is 5.85. The van der Waals surface area contributed by atoms with E-state index in [1.807, 2.05) is 4.57 Å². The minimum Gasteiger partial charge on any atom is -0.382 e. The molecule has 0 radical (unpaired) electrons. The monoisotopic (exact) mass is 373 g/mol. The lowest BCUT2D eigenvalue weighted by Crippen LogP contribution is -2.28. The normalized spacial score (nSPS) is 17.1. The van der Waals surface area contributed by atoms with Gasteiger partial charge in [-0.15, -0.1) is 0 Å². The van der Waals surface area contributed by atoms with Gasteiger partial charge in [-0.3, -0.25) is 0 Å². The number of imidazole rings is 1. The molecule has 4 heterocycles. The van der Waals surface area contributed by atoms with Gasteiger partial charge < -0.3 is 15.2 Å². The molecule has 1 aromatic carbocycles. The predicted molar refractivity (Wildman–Crippen MR) is 111 cm³/mol. The van der Waals surface area contributed by atoms with E-state index in [9.17, 15) is 0 Å². The van der Waals surface area contributed by atoms with Crippen LogP contribution in [-0.2, 0) is 6.54 Å². The molecule has 0 aliphatic carbocycles. The molecule has 2 N–H and O–H groups in total. The highest BCUT2D eigenvalue weighted by Gasteiger charge is 2.25. The molecule has 1 aliphatic heterocycles. The summed E-state index contributed by atoms with van der Waals surface area (Å²) in [7, 11) is 0. The number of para-hydroxylation sites is 1. The number of nitrogens with two attached hydrogens (primary N) is 1. The molecule has 28 heavy (non-hydrogen) atoms. The summed E-state index contributed by atoms with van der Waals surface area (Å²) in [6.45, 7) is 6.08. The molecule has 0 spiro atoms. The molecule has 4 aromatic rings. The van der Waals surface area contributed by atoms with E-state index in [0.29, 0.717) is 23.9 Å². The van der Waals surface area contributed by atoms with Crippen LogP contribution in [0.4, 0.5) is 11.6 Å². The van der Waals surface area contributed by atoms with E-state index in [0.717, 1.165) is 28.9 Å². The van der Waals surface area contributed by atoms with Crippen LogP contribution < -0.4 is 10.6 Å². The first-order chi connectivity index (χ1) is 13.6. The number of aromatic nitrogens is 5. The van der Waals surface area contributed by atoms with Crippen molar-refractivity contribution in [3.05, 3.63) is 48.0 Å². The number of anilines is 2. The van der Waals surface area contributed by atoms with E-state index < -0.39 is 0 Å².